The lowest BCUT2D eigenvalue weighted by molar-refractivity contribution is 0.424. The molecule has 3 rings (SSSR count). The lowest BCUT2D eigenvalue weighted by atomic mass is 10.1. The van der Waals surface area contributed by atoms with Gasteiger partial charge in [0, 0.05) is 16.2 Å². The summed E-state index contributed by atoms with van der Waals surface area (Å²) in [5.41, 5.74) is 8.01. The molecule has 0 unspecified atom stereocenters. The molecule has 2 N–H and O–H groups in total. The smallest absolute Gasteiger partial charge is 0.261 e. The van der Waals surface area contributed by atoms with Crippen molar-refractivity contribution in [3.8, 4) is 11.5 Å². The number of hydrogen-bond donors (Lipinski definition) is 1. The van der Waals surface area contributed by atoms with Crippen LogP contribution in [0.5, 0.6) is 0 Å². The van der Waals surface area contributed by atoms with Crippen molar-refractivity contribution < 1.29 is 4.52 Å². The van der Waals surface area contributed by atoms with Crippen molar-refractivity contribution in [2.24, 2.45) is 0 Å². The Bertz CT molecular complexity index is 698. The second kappa shape index (κ2) is 4.79. The maximum atomic E-state index is 6.01. The van der Waals surface area contributed by atoms with E-state index in [-0.39, 0.29) is 0 Å². The van der Waals surface area contributed by atoms with E-state index in [9.17, 15) is 0 Å². The van der Waals surface area contributed by atoms with Crippen LogP contribution < -0.4 is 5.73 Å². The summed E-state index contributed by atoms with van der Waals surface area (Å²) in [6.45, 7) is 4.07. The molecule has 0 aromatic carbocycles. The Morgan fingerprint density at radius 1 is 1.37 bits per heavy atom. The van der Waals surface area contributed by atoms with E-state index >= 15 is 0 Å². The van der Waals surface area contributed by atoms with Gasteiger partial charge < -0.3 is 10.3 Å². The van der Waals surface area contributed by atoms with Gasteiger partial charge in [0.2, 0.25) is 0 Å². The SMILES string of the molecule is Cc1sc(N)c(-c2nc(Cc3cccs3)no2)c1C. The quantitative estimate of drug-likeness (QED) is 0.800. The number of nitrogens with two attached hydrogens (primary N) is 1. The Balaban J connectivity index is 1.93. The molecule has 0 bridgehead atoms. The van der Waals surface area contributed by atoms with Crippen molar-refractivity contribution in [1.82, 2.24) is 10.1 Å². The Hall–Kier alpha value is -1.66. The van der Waals surface area contributed by atoms with Gasteiger partial charge in [-0.1, -0.05) is 11.2 Å². The highest BCUT2D eigenvalue weighted by Crippen LogP contribution is 2.37. The molecular weight excluding hydrogens is 278 g/mol. The van der Waals surface area contributed by atoms with Crippen LogP contribution in [0.4, 0.5) is 5.00 Å². The minimum atomic E-state index is 0.519. The molecule has 3 aromatic rings. The molecule has 98 valence electrons. The van der Waals surface area contributed by atoms with Crippen LogP contribution in [0, 0.1) is 13.8 Å². The van der Waals surface area contributed by atoms with Crippen LogP contribution in [0.3, 0.4) is 0 Å². The summed E-state index contributed by atoms with van der Waals surface area (Å²) >= 11 is 3.25. The fraction of sp³-hybridized carbons (Fsp3) is 0.231. The average molecular weight is 291 g/mol. The highest BCUT2D eigenvalue weighted by molar-refractivity contribution is 7.16. The molecule has 0 spiro atoms. The molecule has 0 amide bonds. The summed E-state index contributed by atoms with van der Waals surface area (Å²) in [6.07, 6.45) is 0.698. The first-order chi connectivity index (χ1) is 9.15. The molecule has 3 aromatic heterocycles. The maximum absolute atomic E-state index is 6.01. The van der Waals surface area contributed by atoms with E-state index in [0.29, 0.717) is 18.1 Å². The zero-order chi connectivity index (χ0) is 13.4. The third-order valence-corrected chi connectivity index (χ3v) is 4.92. The van der Waals surface area contributed by atoms with Gasteiger partial charge in [0.1, 0.15) is 0 Å². The molecule has 0 aliphatic heterocycles. The van der Waals surface area contributed by atoms with Crippen LogP contribution in [-0.4, -0.2) is 10.1 Å². The number of nitrogens with zero attached hydrogens (tertiary/aromatic N) is 2. The molecule has 0 atom stereocenters. The number of anilines is 1. The predicted molar refractivity (Wildman–Crippen MR) is 78.6 cm³/mol. The minimum Gasteiger partial charge on any atom is -0.390 e. The van der Waals surface area contributed by atoms with E-state index in [1.54, 1.807) is 22.7 Å². The van der Waals surface area contributed by atoms with Crippen molar-refractivity contribution in [1.29, 1.82) is 0 Å². The molecule has 3 heterocycles. The van der Waals surface area contributed by atoms with Gasteiger partial charge in [-0.15, -0.1) is 22.7 Å². The van der Waals surface area contributed by atoms with Gasteiger partial charge in [-0.05, 0) is 30.9 Å². The predicted octanol–water partition coefficient (Wildman–Crippen LogP) is 3.65. The van der Waals surface area contributed by atoms with E-state index < -0.39 is 0 Å². The van der Waals surface area contributed by atoms with Crippen molar-refractivity contribution >= 4 is 27.7 Å². The molecule has 4 nitrogen and oxygen atoms in total. The molecule has 0 radical (unpaired) electrons. The highest BCUT2D eigenvalue weighted by Gasteiger charge is 2.18. The van der Waals surface area contributed by atoms with E-state index in [2.05, 4.69) is 16.2 Å². The maximum Gasteiger partial charge on any atom is 0.261 e. The molecule has 0 saturated carbocycles. The zero-order valence-corrected chi connectivity index (χ0v) is 12.3. The van der Waals surface area contributed by atoms with Crippen LogP contribution in [-0.2, 0) is 6.42 Å². The fourth-order valence-electron chi connectivity index (χ4n) is 1.92. The Morgan fingerprint density at radius 2 is 2.21 bits per heavy atom. The third-order valence-electron chi connectivity index (χ3n) is 3.01. The molecule has 0 fully saturated rings. The topological polar surface area (TPSA) is 64.9 Å². The monoisotopic (exact) mass is 291 g/mol. The first kappa shape index (κ1) is 12.4. The van der Waals surface area contributed by atoms with Gasteiger partial charge >= 0.3 is 0 Å². The van der Waals surface area contributed by atoms with Crippen LogP contribution in [0.15, 0.2) is 22.0 Å². The summed E-state index contributed by atoms with van der Waals surface area (Å²) in [6, 6.07) is 4.08. The Morgan fingerprint density at radius 3 is 2.84 bits per heavy atom. The Kier molecular flexibility index (Phi) is 3.12. The molecule has 0 aliphatic rings. The van der Waals surface area contributed by atoms with Crippen LogP contribution in [0.25, 0.3) is 11.5 Å². The van der Waals surface area contributed by atoms with Gasteiger partial charge in [0.25, 0.3) is 5.89 Å². The second-order valence-electron chi connectivity index (χ2n) is 4.29. The van der Waals surface area contributed by atoms with Crippen molar-refractivity contribution in [3.05, 3.63) is 38.7 Å². The number of aromatic nitrogens is 2. The molecule has 0 saturated heterocycles. The summed E-state index contributed by atoms with van der Waals surface area (Å²) in [7, 11) is 0. The van der Waals surface area contributed by atoms with Gasteiger partial charge in [-0.25, -0.2) is 0 Å². The van der Waals surface area contributed by atoms with Crippen molar-refractivity contribution in [2.45, 2.75) is 20.3 Å². The van der Waals surface area contributed by atoms with Crippen LogP contribution >= 0.6 is 22.7 Å². The fourth-order valence-corrected chi connectivity index (χ4v) is 3.54. The number of rotatable bonds is 3. The van der Waals surface area contributed by atoms with Gasteiger partial charge in [-0.3, -0.25) is 0 Å². The van der Waals surface area contributed by atoms with E-state index in [4.69, 9.17) is 10.3 Å². The molecule has 19 heavy (non-hydrogen) atoms. The van der Waals surface area contributed by atoms with E-state index in [1.165, 1.54) is 9.75 Å². The summed E-state index contributed by atoms with van der Waals surface area (Å²) in [5, 5.41) is 6.81. The van der Waals surface area contributed by atoms with Crippen molar-refractivity contribution in [3.63, 3.8) is 0 Å². The minimum absolute atomic E-state index is 0.519. The summed E-state index contributed by atoms with van der Waals surface area (Å²) in [5.74, 6) is 1.21. The zero-order valence-electron chi connectivity index (χ0n) is 10.6. The molecule has 6 heteroatoms. The lowest BCUT2D eigenvalue weighted by Crippen LogP contribution is -1.89. The first-order valence-corrected chi connectivity index (χ1v) is 7.55. The normalized spacial score (nSPS) is 11.1. The molecular formula is C13H13N3OS2. The lowest BCUT2D eigenvalue weighted by Gasteiger charge is -1.94. The van der Waals surface area contributed by atoms with Crippen LogP contribution in [0.1, 0.15) is 21.1 Å². The van der Waals surface area contributed by atoms with E-state index in [0.717, 1.165) is 16.1 Å². The summed E-state index contributed by atoms with van der Waals surface area (Å²) < 4.78 is 5.34. The number of hydrogen-bond acceptors (Lipinski definition) is 6. The standard InChI is InChI=1S/C13H13N3OS2/c1-7-8(2)19-12(14)11(7)13-15-10(16-17-13)6-9-4-3-5-18-9/h3-5H,6,14H2,1-2H3. The number of nitrogen functional groups attached to an aromatic ring is 1. The molecule has 0 aliphatic carbocycles. The number of thiophene rings is 2. The largest absolute Gasteiger partial charge is 0.390 e. The second-order valence-corrected chi connectivity index (χ2v) is 6.58. The summed E-state index contributed by atoms with van der Waals surface area (Å²) in [4.78, 5) is 6.85. The third kappa shape index (κ3) is 2.29. The average Bonchev–Trinajstić information content (AvgIpc) is 3.05. The van der Waals surface area contributed by atoms with Crippen molar-refractivity contribution in [2.75, 3.05) is 5.73 Å². The van der Waals surface area contributed by atoms with Gasteiger partial charge in [0.05, 0.1) is 10.6 Å². The van der Waals surface area contributed by atoms with Gasteiger partial charge in [-0.2, -0.15) is 4.98 Å². The Labute approximate surface area is 118 Å². The highest BCUT2D eigenvalue weighted by atomic mass is 32.1. The first-order valence-electron chi connectivity index (χ1n) is 5.86. The van der Waals surface area contributed by atoms with E-state index in [1.807, 2.05) is 25.3 Å². The van der Waals surface area contributed by atoms with Crippen LogP contribution in [0.2, 0.25) is 0 Å². The number of aryl methyl sites for hydroxylation is 1. The van der Waals surface area contributed by atoms with Gasteiger partial charge in [0.15, 0.2) is 5.82 Å².